The normalized spacial score (nSPS) is 15.1. The van der Waals surface area contributed by atoms with E-state index in [2.05, 4.69) is 10.1 Å². The van der Waals surface area contributed by atoms with Crippen molar-refractivity contribution >= 4 is 11.3 Å². The molecule has 0 amide bonds. The molecule has 0 aliphatic carbocycles. The average Bonchev–Trinajstić information content (AvgIpc) is 2.88. The van der Waals surface area contributed by atoms with Crippen LogP contribution in [0.2, 0.25) is 0 Å². The van der Waals surface area contributed by atoms with Crippen molar-refractivity contribution < 1.29 is 4.52 Å². The van der Waals surface area contributed by atoms with Crippen LogP contribution in [0.15, 0.2) is 21.3 Å². The van der Waals surface area contributed by atoms with Crippen LogP contribution in [-0.4, -0.2) is 10.1 Å². The van der Waals surface area contributed by atoms with Gasteiger partial charge in [-0.25, -0.2) is 0 Å². The summed E-state index contributed by atoms with van der Waals surface area (Å²) in [7, 11) is 0. The van der Waals surface area contributed by atoms with Crippen LogP contribution >= 0.6 is 11.3 Å². The summed E-state index contributed by atoms with van der Waals surface area (Å²) < 4.78 is 5.16. The average molecular weight is 223 g/mol. The monoisotopic (exact) mass is 223 g/mol. The van der Waals surface area contributed by atoms with Crippen LogP contribution in [0.1, 0.15) is 26.2 Å². The third-order valence-electron chi connectivity index (χ3n) is 2.43. The van der Waals surface area contributed by atoms with E-state index in [0.29, 0.717) is 11.7 Å². The van der Waals surface area contributed by atoms with Crippen molar-refractivity contribution in [1.29, 1.82) is 0 Å². The minimum absolute atomic E-state index is 0.492. The molecule has 0 radical (unpaired) electrons. The number of rotatable bonds is 3. The first kappa shape index (κ1) is 10.3. The van der Waals surface area contributed by atoms with E-state index < -0.39 is 5.54 Å². The van der Waals surface area contributed by atoms with E-state index in [9.17, 15) is 0 Å². The van der Waals surface area contributed by atoms with E-state index in [1.165, 1.54) is 0 Å². The highest BCUT2D eigenvalue weighted by Crippen LogP contribution is 2.24. The third kappa shape index (κ3) is 1.93. The van der Waals surface area contributed by atoms with Crippen molar-refractivity contribution in [2.75, 3.05) is 0 Å². The molecule has 0 saturated heterocycles. The topological polar surface area (TPSA) is 64.9 Å². The standard InChI is InChI=1S/C10H13N3OS/c1-3-10(2,11)9-12-8(13-14-9)7-4-5-15-6-7/h4-6H,3,11H2,1-2H3. The number of hydrogen-bond donors (Lipinski definition) is 1. The summed E-state index contributed by atoms with van der Waals surface area (Å²) in [5.74, 6) is 1.10. The molecular formula is C10H13N3OS. The summed E-state index contributed by atoms with van der Waals surface area (Å²) in [6.07, 6.45) is 0.762. The molecule has 0 saturated carbocycles. The molecule has 0 fully saturated rings. The van der Waals surface area contributed by atoms with Gasteiger partial charge >= 0.3 is 0 Å². The predicted molar refractivity (Wildman–Crippen MR) is 59.4 cm³/mol. The lowest BCUT2D eigenvalue weighted by molar-refractivity contribution is 0.291. The maximum Gasteiger partial charge on any atom is 0.246 e. The number of thiophene rings is 1. The molecule has 0 aromatic carbocycles. The molecule has 80 valence electrons. The molecule has 1 unspecified atom stereocenters. The maximum absolute atomic E-state index is 6.01. The summed E-state index contributed by atoms with van der Waals surface area (Å²) in [4.78, 5) is 4.30. The fourth-order valence-corrected chi connectivity index (χ4v) is 1.75. The zero-order valence-electron chi connectivity index (χ0n) is 8.73. The first-order valence-electron chi connectivity index (χ1n) is 4.79. The van der Waals surface area contributed by atoms with Gasteiger partial charge in [-0.05, 0) is 24.8 Å². The quantitative estimate of drug-likeness (QED) is 0.867. The molecule has 0 aliphatic heterocycles. The van der Waals surface area contributed by atoms with E-state index in [1.807, 2.05) is 30.7 Å². The lowest BCUT2D eigenvalue weighted by atomic mass is 10.0. The highest BCUT2D eigenvalue weighted by Gasteiger charge is 2.26. The number of nitrogens with zero attached hydrogens (tertiary/aromatic N) is 2. The largest absolute Gasteiger partial charge is 0.337 e. The van der Waals surface area contributed by atoms with Gasteiger partial charge < -0.3 is 10.3 Å². The first-order valence-corrected chi connectivity index (χ1v) is 5.73. The molecule has 0 spiro atoms. The van der Waals surface area contributed by atoms with E-state index in [0.717, 1.165) is 12.0 Å². The molecule has 0 bridgehead atoms. The van der Waals surface area contributed by atoms with Crippen molar-refractivity contribution in [1.82, 2.24) is 10.1 Å². The van der Waals surface area contributed by atoms with E-state index in [4.69, 9.17) is 10.3 Å². The number of aromatic nitrogens is 2. The SMILES string of the molecule is CCC(C)(N)c1nc(-c2ccsc2)no1. The molecule has 2 heterocycles. The van der Waals surface area contributed by atoms with Crippen molar-refractivity contribution in [3.8, 4) is 11.4 Å². The molecule has 2 aromatic rings. The Balaban J connectivity index is 2.33. The first-order chi connectivity index (χ1) is 7.13. The van der Waals surface area contributed by atoms with Gasteiger partial charge in [0.15, 0.2) is 0 Å². The summed E-state index contributed by atoms with van der Waals surface area (Å²) >= 11 is 1.60. The summed E-state index contributed by atoms with van der Waals surface area (Å²) in [6, 6.07) is 1.96. The third-order valence-corrected chi connectivity index (χ3v) is 3.11. The van der Waals surface area contributed by atoms with Gasteiger partial charge in [-0.1, -0.05) is 12.1 Å². The zero-order chi connectivity index (χ0) is 10.9. The Bertz CT molecular complexity index is 433. The van der Waals surface area contributed by atoms with Crippen LogP contribution in [0, 0.1) is 0 Å². The van der Waals surface area contributed by atoms with Gasteiger partial charge in [-0.2, -0.15) is 16.3 Å². The Hall–Kier alpha value is -1.20. The molecular weight excluding hydrogens is 210 g/mol. The van der Waals surface area contributed by atoms with Crippen LogP contribution < -0.4 is 5.73 Å². The predicted octanol–water partition coefficient (Wildman–Crippen LogP) is 2.38. The second-order valence-electron chi connectivity index (χ2n) is 3.71. The molecule has 5 heteroatoms. The van der Waals surface area contributed by atoms with Crippen molar-refractivity contribution in [2.24, 2.45) is 5.73 Å². The van der Waals surface area contributed by atoms with Gasteiger partial charge in [-0.3, -0.25) is 0 Å². The van der Waals surface area contributed by atoms with Crippen LogP contribution in [-0.2, 0) is 5.54 Å². The van der Waals surface area contributed by atoms with Gasteiger partial charge in [0, 0.05) is 10.9 Å². The highest BCUT2D eigenvalue weighted by molar-refractivity contribution is 7.08. The highest BCUT2D eigenvalue weighted by atomic mass is 32.1. The molecule has 1 atom stereocenters. The van der Waals surface area contributed by atoms with Gasteiger partial charge in [0.25, 0.3) is 0 Å². The van der Waals surface area contributed by atoms with Crippen LogP contribution in [0.4, 0.5) is 0 Å². The molecule has 2 aromatic heterocycles. The van der Waals surface area contributed by atoms with Gasteiger partial charge in [-0.15, -0.1) is 0 Å². The van der Waals surface area contributed by atoms with Crippen LogP contribution in [0.3, 0.4) is 0 Å². The number of nitrogens with two attached hydrogens (primary N) is 1. The zero-order valence-corrected chi connectivity index (χ0v) is 9.54. The van der Waals surface area contributed by atoms with Crippen LogP contribution in [0.5, 0.6) is 0 Å². The molecule has 15 heavy (non-hydrogen) atoms. The summed E-state index contributed by atoms with van der Waals surface area (Å²) in [6.45, 7) is 3.88. The van der Waals surface area contributed by atoms with Gasteiger partial charge in [0.2, 0.25) is 11.7 Å². The lowest BCUT2D eigenvalue weighted by Gasteiger charge is -2.16. The smallest absolute Gasteiger partial charge is 0.246 e. The minimum atomic E-state index is -0.540. The maximum atomic E-state index is 6.01. The van der Waals surface area contributed by atoms with Crippen molar-refractivity contribution in [3.63, 3.8) is 0 Å². The Labute approximate surface area is 92.1 Å². The molecule has 4 nitrogen and oxygen atoms in total. The molecule has 0 aliphatic rings. The van der Waals surface area contributed by atoms with Gasteiger partial charge in [0.05, 0.1) is 5.54 Å². The van der Waals surface area contributed by atoms with E-state index >= 15 is 0 Å². The van der Waals surface area contributed by atoms with Gasteiger partial charge in [0.1, 0.15) is 0 Å². The molecule has 2 N–H and O–H groups in total. The second kappa shape index (κ2) is 3.75. The van der Waals surface area contributed by atoms with Crippen LogP contribution in [0.25, 0.3) is 11.4 Å². The Morgan fingerprint density at radius 3 is 3.00 bits per heavy atom. The Morgan fingerprint density at radius 2 is 2.40 bits per heavy atom. The van der Waals surface area contributed by atoms with Crippen molar-refractivity contribution in [2.45, 2.75) is 25.8 Å². The number of hydrogen-bond acceptors (Lipinski definition) is 5. The van der Waals surface area contributed by atoms with E-state index in [-0.39, 0.29) is 0 Å². The Morgan fingerprint density at radius 1 is 1.60 bits per heavy atom. The fourth-order valence-electron chi connectivity index (χ4n) is 1.12. The summed E-state index contributed by atoms with van der Waals surface area (Å²) in [5, 5.41) is 7.87. The minimum Gasteiger partial charge on any atom is -0.337 e. The lowest BCUT2D eigenvalue weighted by Crippen LogP contribution is -2.32. The summed E-state index contributed by atoms with van der Waals surface area (Å²) in [5.41, 5.74) is 6.44. The molecule has 2 rings (SSSR count). The Kier molecular flexibility index (Phi) is 2.58. The van der Waals surface area contributed by atoms with Crippen molar-refractivity contribution in [3.05, 3.63) is 22.7 Å². The van der Waals surface area contributed by atoms with E-state index in [1.54, 1.807) is 11.3 Å². The second-order valence-corrected chi connectivity index (χ2v) is 4.49. The fraction of sp³-hybridized carbons (Fsp3) is 0.400.